The Balaban J connectivity index is 2.76. The van der Waals surface area contributed by atoms with E-state index >= 15 is 0 Å². The fourth-order valence-electron chi connectivity index (χ4n) is 1.82. The first-order valence-corrected chi connectivity index (χ1v) is 9.17. The minimum Gasteiger partial charge on any atom is -0.306 e. The van der Waals surface area contributed by atoms with Crippen molar-refractivity contribution in [2.45, 2.75) is 65.5 Å². The summed E-state index contributed by atoms with van der Waals surface area (Å²) >= 11 is 3.81. The van der Waals surface area contributed by atoms with Gasteiger partial charge in [-0.3, -0.25) is 0 Å². The van der Waals surface area contributed by atoms with E-state index in [-0.39, 0.29) is 5.41 Å². The molecule has 1 rings (SSSR count). The lowest BCUT2D eigenvalue weighted by atomic mass is 9.93. The first-order chi connectivity index (χ1) is 8.84. The van der Waals surface area contributed by atoms with Crippen LogP contribution in [-0.2, 0) is 5.41 Å². The first kappa shape index (κ1) is 17.0. The van der Waals surface area contributed by atoms with Crippen LogP contribution in [0.3, 0.4) is 0 Å². The molecule has 0 radical (unpaired) electrons. The Kier molecular flexibility index (Phi) is 6.84. The van der Waals surface area contributed by atoms with Crippen molar-refractivity contribution in [3.05, 3.63) is 16.1 Å². The summed E-state index contributed by atoms with van der Waals surface area (Å²) in [6, 6.07) is 0.902. The van der Waals surface area contributed by atoms with Crippen LogP contribution in [0.1, 0.15) is 64.7 Å². The van der Waals surface area contributed by atoms with Crippen LogP contribution >= 0.6 is 23.1 Å². The molecule has 0 amide bonds. The van der Waals surface area contributed by atoms with Gasteiger partial charge in [0.15, 0.2) is 0 Å². The molecule has 0 aliphatic heterocycles. The van der Waals surface area contributed by atoms with Crippen LogP contribution in [0.4, 0.5) is 0 Å². The zero-order valence-electron chi connectivity index (χ0n) is 13.1. The maximum Gasteiger partial charge on any atom is 0.110 e. The van der Waals surface area contributed by atoms with Crippen molar-refractivity contribution in [2.75, 3.05) is 11.5 Å². The maximum absolute atomic E-state index is 4.86. The molecule has 0 aliphatic rings. The van der Waals surface area contributed by atoms with Crippen molar-refractivity contribution in [3.63, 3.8) is 0 Å². The van der Waals surface area contributed by atoms with Crippen molar-refractivity contribution in [3.8, 4) is 0 Å². The van der Waals surface area contributed by atoms with Crippen molar-refractivity contribution in [2.24, 2.45) is 0 Å². The van der Waals surface area contributed by atoms with Gasteiger partial charge in [-0.15, -0.1) is 11.3 Å². The number of hydrogen-bond donors (Lipinski definition) is 1. The summed E-state index contributed by atoms with van der Waals surface area (Å²) in [6.07, 6.45) is 1.16. The molecule has 0 saturated heterocycles. The Bertz CT molecular complexity index is 366. The number of nitrogens with one attached hydrogen (secondary N) is 1. The van der Waals surface area contributed by atoms with E-state index in [1.165, 1.54) is 22.2 Å². The Morgan fingerprint density at radius 3 is 2.53 bits per heavy atom. The molecule has 0 saturated carbocycles. The third-order valence-corrected chi connectivity index (χ3v) is 4.77. The van der Waals surface area contributed by atoms with Crippen LogP contribution in [-0.4, -0.2) is 22.5 Å². The normalized spacial score (nSPS) is 14.1. The number of thioether (sulfide) groups is 1. The molecule has 110 valence electrons. The van der Waals surface area contributed by atoms with Gasteiger partial charge in [0.2, 0.25) is 0 Å². The van der Waals surface area contributed by atoms with Gasteiger partial charge in [0, 0.05) is 16.8 Å². The molecule has 0 spiro atoms. The number of nitrogens with zero attached hydrogens (tertiary/aromatic N) is 1. The Morgan fingerprint density at radius 2 is 2.05 bits per heavy atom. The molecule has 4 heteroatoms. The molecule has 1 unspecified atom stereocenters. The van der Waals surface area contributed by atoms with Gasteiger partial charge >= 0.3 is 0 Å². The Hall–Kier alpha value is -0.0600. The van der Waals surface area contributed by atoms with E-state index in [1.807, 2.05) is 11.8 Å². The zero-order chi connectivity index (χ0) is 14.5. The van der Waals surface area contributed by atoms with Gasteiger partial charge < -0.3 is 5.32 Å². The smallest absolute Gasteiger partial charge is 0.110 e. The second-order valence-electron chi connectivity index (χ2n) is 6.18. The molecule has 0 fully saturated rings. The van der Waals surface area contributed by atoms with Gasteiger partial charge in [-0.05, 0) is 17.9 Å². The van der Waals surface area contributed by atoms with Crippen LogP contribution in [0.25, 0.3) is 0 Å². The van der Waals surface area contributed by atoms with Crippen LogP contribution < -0.4 is 5.32 Å². The molecule has 2 nitrogen and oxygen atoms in total. The van der Waals surface area contributed by atoms with E-state index in [0.29, 0.717) is 12.1 Å². The minimum atomic E-state index is 0.148. The highest BCUT2D eigenvalue weighted by molar-refractivity contribution is 7.99. The third kappa shape index (κ3) is 5.84. The molecule has 0 aromatic carbocycles. The topological polar surface area (TPSA) is 24.9 Å². The van der Waals surface area contributed by atoms with E-state index in [9.17, 15) is 0 Å². The van der Waals surface area contributed by atoms with Crippen molar-refractivity contribution >= 4 is 23.1 Å². The molecule has 1 aromatic heterocycles. The highest BCUT2D eigenvalue weighted by atomic mass is 32.2. The highest BCUT2D eigenvalue weighted by Gasteiger charge is 2.21. The van der Waals surface area contributed by atoms with Crippen LogP contribution in [0.2, 0.25) is 0 Å². The summed E-state index contributed by atoms with van der Waals surface area (Å²) in [7, 11) is 0. The fraction of sp³-hybridized carbons (Fsp3) is 0.800. The van der Waals surface area contributed by atoms with Gasteiger partial charge in [-0.1, -0.05) is 41.5 Å². The summed E-state index contributed by atoms with van der Waals surface area (Å²) in [6.45, 7) is 13.3. The predicted octanol–water partition coefficient (Wildman–Crippen LogP) is 4.62. The number of aromatic nitrogens is 1. The molecule has 19 heavy (non-hydrogen) atoms. The van der Waals surface area contributed by atoms with Crippen molar-refractivity contribution < 1.29 is 0 Å². The zero-order valence-corrected chi connectivity index (χ0v) is 14.8. The lowest BCUT2D eigenvalue weighted by Crippen LogP contribution is -2.28. The lowest BCUT2D eigenvalue weighted by Gasteiger charge is -2.20. The van der Waals surface area contributed by atoms with Gasteiger partial charge in [0.05, 0.1) is 11.7 Å². The average molecular weight is 301 g/mol. The van der Waals surface area contributed by atoms with E-state index in [0.717, 1.165) is 6.42 Å². The van der Waals surface area contributed by atoms with Crippen LogP contribution in [0.15, 0.2) is 5.38 Å². The second-order valence-corrected chi connectivity index (χ2v) is 8.46. The summed E-state index contributed by atoms with van der Waals surface area (Å²) in [4.78, 5) is 4.86. The quantitative estimate of drug-likeness (QED) is 0.744. The molecular formula is C15H28N2S2. The van der Waals surface area contributed by atoms with Crippen LogP contribution in [0.5, 0.6) is 0 Å². The van der Waals surface area contributed by atoms with Crippen LogP contribution in [0, 0.1) is 0 Å². The minimum absolute atomic E-state index is 0.148. The highest BCUT2D eigenvalue weighted by Crippen LogP contribution is 2.29. The van der Waals surface area contributed by atoms with Crippen molar-refractivity contribution in [1.82, 2.24) is 10.3 Å². The van der Waals surface area contributed by atoms with Gasteiger partial charge in [0.25, 0.3) is 0 Å². The largest absolute Gasteiger partial charge is 0.306 e. The Morgan fingerprint density at radius 1 is 1.37 bits per heavy atom. The summed E-state index contributed by atoms with van der Waals surface area (Å²) in [5.41, 5.74) is 1.36. The number of rotatable bonds is 7. The second kappa shape index (κ2) is 7.65. The average Bonchev–Trinajstić information content (AvgIpc) is 2.76. The third-order valence-electron chi connectivity index (χ3n) is 2.88. The molecular weight excluding hydrogens is 272 g/mol. The fourth-order valence-corrected chi connectivity index (χ4v) is 3.65. The number of thiazole rings is 1. The summed E-state index contributed by atoms with van der Waals surface area (Å²) in [5.74, 6) is 2.39. The predicted molar refractivity (Wildman–Crippen MR) is 89.4 cm³/mol. The Labute approximate surface area is 126 Å². The van der Waals surface area contributed by atoms with Gasteiger partial charge in [0.1, 0.15) is 5.01 Å². The maximum atomic E-state index is 4.86. The standard InChI is InChI=1S/C15H28N2S2/c1-7-18-9-8-12(16-11(2)3)14-17-13(10-19-14)15(4,5)6/h10-12,16H,7-9H2,1-6H3. The SMILES string of the molecule is CCSCCC(NC(C)C)c1nc(C(C)(C)C)cs1. The monoisotopic (exact) mass is 300 g/mol. The molecule has 1 atom stereocenters. The molecule has 1 N–H and O–H groups in total. The summed E-state index contributed by atoms with van der Waals surface area (Å²) in [5, 5.41) is 7.12. The van der Waals surface area contributed by atoms with E-state index < -0.39 is 0 Å². The summed E-state index contributed by atoms with van der Waals surface area (Å²) < 4.78 is 0. The van der Waals surface area contributed by atoms with Crippen molar-refractivity contribution in [1.29, 1.82) is 0 Å². The van der Waals surface area contributed by atoms with Gasteiger partial charge in [-0.2, -0.15) is 11.8 Å². The van der Waals surface area contributed by atoms with E-state index in [1.54, 1.807) is 11.3 Å². The van der Waals surface area contributed by atoms with Gasteiger partial charge in [-0.25, -0.2) is 4.98 Å². The lowest BCUT2D eigenvalue weighted by molar-refractivity contribution is 0.463. The van der Waals surface area contributed by atoms with E-state index in [2.05, 4.69) is 52.2 Å². The number of hydrogen-bond acceptors (Lipinski definition) is 4. The van der Waals surface area contributed by atoms with E-state index in [4.69, 9.17) is 4.98 Å². The molecule has 1 heterocycles. The molecule has 1 aromatic rings. The first-order valence-electron chi connectivity index (χ1n) is 7.14. The molecule has 0 bridgehead atoms. The molecule has 0 aliphatic carbocycles.